The Labute approximate surface area is 204 Å². The Morgan fingerprint density at radius 1 is 1.06 bits per heavy atom. The fraction of sp³-hybridized carbons (Fsp3) is 0.231. The number of ketones is 1. The summed E-state index contributed by atoms with van der Waals surface area (Å²) in [5, 5.41) is 10.3. The summed E-state index contributed by atoms with van der Waals surface area (Å²) in [6, 6.07) is 17.2. The van der Waals surface area contributed by atoms with Crippen molar-refractivity contribution in [1.82, 2.24) is 19.2 Å². The zero-order valence-corrected chi connectivity index (χ0v) is 20.3. The van der Waals surface area contributed by atoms with Gasteiger partial charge in [-0.2, -0.15) is 0 Å². The van der Waals surface area contributed by atoms with Gasteiger partial charge in [0.05, 0.1) is 16.8 Å². The molecular formula is C26H22N4O2S2. The predicted molar refractivity (Wildman–Crippen MR) is 137 cm³/mol. The first-order valence-electron chi connectivity index (χ1n) is 11.3. The first kappa shape index (κ1) is 21.3. The van der Waals surface area contributed by atoms with Crippen molar-refractivity contribution in [2.24, 2.45) is 0 Å². The zero-order valence-electron chi connectivity index (χ0n) is 18.7. The van der Waals surface area contributed by atoms with Crippen LogP contribution in [-0.2, 0) is 12.8 Å². The van der Waals surface area contributed by atoms with Gasteiger partial charge in [0.15, 0.2) is 10.9 Å². The Morgan fingerprint density at radius 2 is 1.88 bits per heavy atom. The maximum atomic E-state index is 13.9. The lowest BCUT2D eigenvalue weighted by Gasteiger charge is -2.12. The molecule has 2 aromatic carbocycles. The van der Waals surface area contributed by atoms with Crippen LogP contribution in [-0.4, -0.2) is 30.7 Å². The van der Waals surface area contributed by atoms with Crippen LogP contribution in [0, 0.1) is 6.92 Å². The summed E-state index contributed by atoms with van der Waals surface area (Å²) in [4.78, 5) is 28.8. The fourth-order valence-corrected chi connectivity index (χ4v) is 6.91. The molecule has 1 aliphatic rings. The van der Waals surface area contributed by atoms with Gasteiger partial charge in [0, 0.05) is 10.4 Å². The molecule has 0 atom stereocenters. The van der Waals surface area contributed by atoms with Gasteiger partial charge in [0.1, 0.15) is 4.83 Å². The van der Waals surface area contributed by atoms with E-state index in [0.717, 1.165) is 47.2 Å². The summed E-state index contributed by atoms with van der Waals surface area (Å²) >= 11 is 3.04. The highest BCUT2D eigenvalue weighted by atomic mass is 32.2. The number of fused-ring (bicyclic) bond motifs is 5. The van der Waals surface area contributed by atoms with Crippen LogP contribution >= 0.6 is 23.1 Å². The number of Topliss-reactive ketones (excluding diaryl/α,β-unsaturated/α-hetero) is 1. The van der Waals surface area contributed by atoms with Crippen LogP contribution in [0.2, 0.25) is 0 Å². The number of aromatic nitrogens is 4. The summed E-state index contributed by atoms with van der Waals surface area (Å²) in [5.74, 6) is 0.772. The molecule has 0 saturated carbocycles. The molecule has 0 radical (unpaired) electrons. The highest BCUT2D eigenvalue weighted by molar-refractivity contribution is 7.99. The molecule has 170 valence electrons. The summed E-state index contributed by atoms with van der Waals surface area (Å²) in [5.41, 5.74) is 3.65. The van der Waals surface area contributed by atoms with Gasteiger partial charge in [-0.1, -0.05) is 54.2 Å². The van der Waals surface area contributed by atoms with Gasteiger partial charge in [0.2, 0.25) is 5.78 Å². The number of rotatable bonds is 5. The Balaban J connectivity index is 1.55. The van der Waals surface area contributed by atoms with Crippen molar-refractivity contribution in [3.63, 3.8) is 0 Å². The van der Waals surface area contributed by atoms with Crippen LogP contribution in [0.5, 0.6) is 0 Å². The zero-order chi connectivity index (χ0) is 23.2. The molecule has 6 nitrogen and oxygen atoms in total. The number of carbonyl (C=O) groups is 1. The van der Waals surface area contributed by atoms with Crippen LogP contribution in [0.1, 0.15) is 39.2 Å². The minimum Gasteiger partial charge on any atom is -0.293 e. The standard InChI is InChI=1S/C26H22N4O2S2/c1-16-8-7-11-18(14-16)29-23(32)22-19-12-5-6-13-21(19)34-24(22)30-25(29)27-28-26(30)33-15-20(31)17-9-3-2-4-10-17/h2-4,7-11,14H,5-6,12-13,15H2,1H3. The van der Waals surface area contributed by atoms with Crippen molar-refractivity contribution in [2.45, 2.75) is 37.8 Å². The van der Waals surface area contributed by atoms with Crippen LogP contribution in [0.15, 0.2) is 64.5 Å². The van der Waals surface area contributed by atoms with Crippen LogP contribution in [0.25, 0.3) is 21.7 Å². The number of hydrogen-bond acceptors (Lipinski definition) is 6. The number of benzene rings is 2. The largest absolute Gasteiger partial charge is 0.293 e. The van der Waals surface area contributed by atoms with Crippen molar-refractivity contribution in [2.75, 3.05) is 5.75 Å². The topological polar surface area (TPSA) is 69.3 Å². The smallest absolute Gasteiger partial charge is 0.268 e. The maximum absolute atomic E-state index is 13.9. The van der Waals surface area contributed by atoms with Gasteiger partial charge >= 0.3 is 0 Å². The van der Waals surface area contributed by atoms with E-state index in [4.69, 9.17) is 0 Å². The number of thiophene rings is 1. The molecule has 6 rings (SSSR count). The van der Waals surface area contributed by atoms with Crippen molar-refractivity contribution in [1.29, 1.82) is 0 Å². The summed E-state index contributed by atoms with van der Waals surface area (Å²) < 4.78 is 3.65. The van der Waals surface area contributed by atoms with Crippen molar-refractivity contribution >= 4 is 44.9 Å². The summed E-state index contributed by atoms with van der Waals surface area (Å²) in [6.07, 6.45) is 4.15. The Kier molecular flexibility index (Phi) is 5.34. The highest BCUT2D eigenvalue weighted by Crippen LogP contribution is 2.36. The quantitative estimate of drug-likeness (QED) is 0.250. The molecule has 5 aromatic rings. The molecule has 0 amide bonds. The fourth-order valence-electron chi connectivity index (χ4n) is 4.65. The van der Waals surface area contributed by atoms with E-state index in [1.54, 1.807) is 15.9 Å². The minimum absolute atomic E-state index is 0.0380. The van der Waals surface area contributed by atoms with Gasteiger partial charge in [-0.3, -0.25) is 9.59 Å². The molecule has 0 N–H and O–H groups in total. The third-order valence-electron chi connectivity index (χ3n) is 6.28. The summed E-state index contributed by atoms with van der Waals surface area (Å²) in [7, 11) is 0. The molecule has 34 heavy (non-hydrogen) atoms. The monoisotopic (exact) mass is 486 g/mol. The third kappa shape index (κ3) is 3.49. The van der Waals surface area contributed by atoms with Gasteiger partial charge in [0.25, 0.3) is 5.56 Å². The minimum atomic E-state index is -0.0446. The molecule has 0 spiro atoms. The molecule has 1 aliphatic carbocycles. The van der Waals surface area contributed by atoms with E-state index in [0.29, 0.717) is 16.5 Å². The maximum Gasteiger partial charge on any atom is 0.268 e. The number of thioether (sulfide) groups is 1. The number of aryl methyl sites for hydroxylation is 3. The van der Waals surface area contributed by atoms with Gasteiger partial charge in [-0.05, 0) is 55.9 Å². The molecule has 3 aromatic heterocycles. The van der Waals surface area contributed by atoms with Gasteiger partial charge in [-0.25, -0.2) is 8.97 Å². The lowest BCUT2D eigenvalue weighted by Crippen LogP contribution is -2.22. The van der Waals surface area contributed by atoms with E-state index in [-0.39, 0.29) is 17.1 Å². The Bertz CT molecular complexity index is 1620. The van der Waals surface area contributed by atoms with E-state index in [2.05, 4.69) is 10.2 Å². The molecule has 0 fully saturated rings. The lowest BCUT2D eigenvalue weighted by molar-refractivity contribution is 0.102. The second-order valence-electron chi connectivity index (χ2n) is 8.57. The molecule has 0 bridgehead atoms. The highest BCUT2D eigenvalue weighted by Gasteiger charge is 2.25. The average Bonchev–Trinajstić information content (AvgIpc) is 3.45. The van der Waals surface area contributed by atoms with E-state index in [1.165, 1.54) is 22.2 Å². The molecule has 0 saturated heterocycles. The lowest BCUT2D eigenvalue weighted by atomic mass is 9.97. The van der Waals surface area contributed by atoms with E-state index < -0.39 is 0 Å². The van der Waals surface area contributed by atoms with Gasteiger partial charge in [-0.15, -0.1) is 21.5 Å². The second kappa shape index (κ2) is 8.52. The number of hydrogen-bond donors (Lipinski definition) is 0. The molecular weight excluding hydrogens is 464 g/mol. The van der Waals surface area contributed by atoms with Crippen LogP contribution < -0.4 is 5.56 Å². The van der Waals surface area contributed by atoms with Crippen molar-refractivity contribution in [3.8, 4) is 5.69 Å². The molecule has 0 unspecified atom stereocenters. The average molecular weight is 487 g/mol. The Morgan fingerprint density at radius 3 is 2.71 bits per heavy atom. The normalized spacial score (nSPS) is 13.4. The van der Waals surface area contributed by atoms with E-state index in [9.17, 15) is 9.59 Å². The third-order valence-corrected chi connectivity index (χ3v) is 8.48. The number of nitrogens with zero attached hydrogens (tertiary/aromatic N) is 4. The summed E-state index contributed by atoms with van der Waals surface area (Å²) in [6.45, 7) is 2.01. The van der Waals surface area contributed by atoms with Crippen molar-refractivity contribution in [3.05, 3.63) is 86.5 Å². The molecule has 3 heterocycles. The van der Waals surface area contributed by atoms with Crippen LogP contribution in [0.4, 0.5) is 0 Å². The van der Waals surface area contributed by atoms with Crippen LogP contribution in [0.3, 0.4) is 0 Å². The van der Waals surface area contributed by atoms with Crippen molar-refractivity contribution < 1.29 is 4.79 Å². The number of carbonyl (C=O) groups excluding carboxylic acids is 1. The second-order valence-corrected chi connectivity index (χ2v) is 10.6. The van der Waals surface area contributed by atoms with E-state index in [1.807, 2.05) is 65.9 Å². The SMILES string of the molecule is Cc1cccc(-n2c(=O)c3c4c(sc3n3c(SCC(=O)c5ccccc5)nnc23)CCCC4)c1. The predicted octanol–water partition coefficient (Wildman–Crippen LogP) is 5.26. The molecule has 0 aliphatic heterocycles. The first-order valence-corrected chi connectivity index (χ1v) is 13.1. The van der Waals surface area contributed by atoms with E-state index >= 15 is 0 Å². The van der Waals surface area contributed by atoms with Gasteiger partial charge < -0.3 is 0 Å². The first-order chi connectivity index (χ1) is 16.6. The molecule has 8 heteroatoms. The Hall–Kier alpha value is -3.23.